The van der Waals surface area contributed by atoms with E-state index in [4.69, 9.17) is 0 Å². The summed E-state index contributed by atoms with van der Waals surface area (Å²) in [6.07, 6.45) is 3.26. The fourth-order valence-corrected chi connectivity index (χ4v) is 6.57. The predicted octanol–water partition coefficient (Wildman–Crippen LogP) is 4.68. The maximum absolute atomic E-state index is 13.5. The Bertz CT molecular complexity index is 1010. The number of sulfonamides is 1. The van der Waals surface area contributed by atoms with Crippen LogP contribution in [0.2, 0.25) is 0 Å². The molecule has 0 bridgehead atoms. The van der Waals surface area contributed by atoms with Gasteiger partial charge in [-0.15, -0.1) is 0 Å². The van der Waals surface area contributed by atoms with Crippen molar-refractivity contribution in [3.63, 3.8) is 0 Å². The number of amides is 2. The minimum Gasteiger partial charge on any atom is -0.338 e. The van der Waals surface area contributed by atoms with Gasteiger partial charge in [-0.2, -0.15) is 4.31 Å². The van der Waals surface area contributed by atoms with Gasteiger partial charge in [0.25, 0.3) is 0 Å². The lowest BCUT2D eigenvalue weighted by Gasteiger charge is -2.35. The van der Waals surface area contributed by atoms with Crippen LogP contribution in [0, 0.1) is 27.7 Å². The molecule has 31 heavy (non-hydrogen) atoms. The molecule has 1 aliphatic rings. The van der Waals surface area contributed by atoms with E-state index in [1.165, 1.54) is 0 Å². The Kier molecular flexibility index (Phi) is 7.38. The van der Waals surface area contributed by atoms with Gasteiger partial charge in [-0.25, -0.2) is 13.2 Å². The van der Waals surface area contributed by atoms with Crippen molar-refractivity contribution in [3.8, 4) is 0 Å². The van der Waals surface area contributed by atoms with Gasteiger partial charge in [0.1, 0.15) is 0 Å². The number of carbonyl (C=O) groups is 1. The molecule has 1 fully saturated rings. The number of hydrogen-bond donors (Lipinski definition) is 2. The second-order valence-corrected chi connectivity index (χ2v) is 10.4. The molecule has 2 amide bonds. The van der Waals surface area contributed by atoms with Crippen LogP contribution in [-0.4, -0.2) is 37.9 Å². The zero-order valence-electron chi connectivity index (χ0n) is 18.9. The van der Waals surface area contributed by atoms with Gasteiger partial charge in [-0.3, -0.25) is 0 Å². The van der Waals surface area contributed by atoms with Crippen LogP contribution in [0.5, 0.6) is 0 Å². The molecule has 0 aromatic heterocycles. The van der Waals surface area contributed by atoms with Crippen molar-refractivity contribution in [1.29, 1.82) is 0 Å². The summed E-state index contributed by atoms with van der Waals surface area (Å²) in [7, 11) is -3.59. The molecule has 1 atom stereocenters. The van der Waals surface area contributed by atoms with Gasteiger partial charge in [0.05, 0.1) is 4.90 Å². The first kappa shape index (κ1) is 23.3. The second-order valence-electron chi connectivity index (χ2n) is 8.53. The number of urea groups is 1. The lowest BCUT2D eigenvalue weighted by molar-refractivity contribution is 0.234. The second kappa shape index (κ2) is 9.83. The van der Waals surface area contributed by atoms with Crippen LogP contribution >= 0.6 is 0 Å². The molecule has 1 heterocycles. The molecule has 0 spiro atoms. The monoisotopic (exact) mass is 443 g/mol. The number of piperidine rings is 1. The van der Waals surface area contributed by atoms with Crippen LogP contribution in [0.15, 0.2) is 41.3 Å². The number of carbonyl (C=O) groups excluding carboxylic acids is 1. The Morgan fingerprint density at radius 2 is 1.65 bits per heavy atom. The third kappa shape index (κ3) is 5.66. The first-order chi connectivity index (χ1) is 14.7. The van der Waals surface area contributed by atoms with Crippen LogP contribution in [0.1, 0.15) is 47.9 Å². The molecule has 2 N–H and O–H groups in total. The summed E-state index contributed by atoms with van der Waals surface area (Å²) in [5, 5.41) is 5.68. The standard InChI is InChI=1S/C24H33N3O3S/c1-17-8-10-21(11-9-17)26-24(28)25-13-12-22-7-5-6-14-27(22)31(29,30)23-19(3)15-18(2)16-20(23)4/h8-11,15-16,22H,5-7,12-14H2,1-4H3,(H2,25,26,28)/t22-/m0/s1. The third-order valence-corrected chi connectivity index (χ3v) is 8.08. The molecule has 1 saturated heterocycles. The van der Waals surface area contributed by atoms with E-state index in [0.29, 0.717) is 24.4 Å². The van der Waals surface area contributed by atoms with Crippen molar-refractivity contribution in [1.82, 2.24) is 9.62 Å². The summed E-state index contributed by atoms with van der Waals surface area (Å²) < 4.78 is 28.7. The largest absolute Gasteiger partial charge is 0.338 e. The van der Waals surface area contributed by atoms with Crippen LogP contribution in [0.3, 0.4) is 0 Å². The average molecular weight is 444 g/mol. The first-order valence-electron chi connectivity index (χ1n) is 10.9. The zero-order valence-corrected chi connectivity index (χ0v) is 19.7. The van der Waals surface area contributed by atoms with E-state index in [2.05, 4.69) is 10.6 Å². The van der Waals surface area contributed by atoms with Crippen molar-refractivity contribution < 1.29 is 13.2 Å². The van der Waals surface area contributed by atoms with Crippen LogP contribution in [-0.2, 0) is 10.0 Å². The smallest absolute Gasteiger partial charge is 0.319 e. The molecule has 1 aliphatic heterocycles. The van der Waals surface area contributed by atoms with Gasteiger partial charge < -0.3 is 10.6 Å². The quantitative estimate of drug-likeness (QED) is 0.681. The molecular formula is C24H33N3O3S. The van der Waals surface area contributed by atoms with Crippen LogP contribution in [0.25, 0.3) is 0 Å². The number of benzene rings is 2. The predicted molar refractivity (Wildman–Crippen MR) is 125 cm³/mol. The van der Waals surface area contributed by atoms with Crippen LogP contribution in [0.4, 0.5) is 10.5 Å². The summed E-state index contributed by atoms with van der Waals surface area (Å²) in [6, 6.07) is 11.1. The van der Waals surface area contributed by atoms with Gasteiger partial charge >= 0.3 is 6.03 Å². The highest BCUT2D eigenvalue weighted by Gasteiger charge is 2.35. The minimum atomic E-state index is -3.59. The molecule has 2 aromatic carbocycles. The summed E-state index contributed by atoms with van der Waals surface area (Å²) in [6.45, 7) is 8.64. The molecule has 2 aromatic rings. The van der Waals surface area contributed by atoms with Gasteiger partial charge in [0, 0.05) is 24.8 Å². The van der Waals surface area contributed by atoms with Crippen molar-refractivity contribution in [2.45, 2.75) is 64.3 Å². The molecule has 0 aliphatic carbocycles. The van der Waals surface area contributed by atoms with E-state index in [-0.39, 0.29) is 12.1 Å². The topological polar surface area (TPSA) is 78.5 Å². The molecule has 7 heteroatoms. The lowest BCUT2D eigenvalue weighted by Crippen LogP contribution is -2.45. The van der Waals surface area contributed by atoms with Crippen molar-refractivity contribution >= 4 is 21.7 Å². The SMILES string of the molecule is Cc1ccc(NC(=O)NCC[C@@H]2CCCCN2S(=O)(=O)c2c(C)cc(C)cc2C)cc1. The number of nitrogens with one attached hydrogen (secondary N) is 2. The van der Waals surface area contributed by atoms with E-state index in [0.717, 1.165) is 47.2 Å². The van der Waals surface area contributed by atoms with Gasteiger partial charge in [-0.1, -0.05) is 41.8 Å². The molecule has 0 radical (unpaired) electrons. The highest BCUT2D eigenvalue weighted by molar-refractivity contribution is 7.89. The molecule has 0 saturated carbocycles. The Balaban J connectivity index is 1.65. The molecule has 6 nitrogen and oxygen atoms in total. The summed E-state index contributed by atoms with van der Waals surface area (Å²) in [4.78, 5) is 12.6. The van der Waals surface area contributed by atoms with Gasteiger partial charge in [-0.05, 0) is 70.2 Å². The number of anilines is 1. The van der Waals surface area contributed by atoms with E-state index in [1.807, 2.05) is 64.1 Å². The molecule has 3 rings (SSSR count). The van der Waals surface area contributed by atoms with Crippen LogP contribution < -0.4 is 10.6 Å². The van der Waals surface area contributed by atoms with E-state index in [1.54, 1.807) is 4.31 Å². The number of rotatable bonds is 6. The fraction of sp³-hybridized carbons (Fsp3) is 0.458. The first-order valence-corrected chi connectivity index (χ1v) is 12.3. The number of nitrogens with zero attached hydrogens (tertiary/aromatic N) is 1. The van der Waals surface area contributed by atoms with E-state index < -0.39 is 10.0 Å². The third-order valence-electron chi connectivity index (χ3n) is 5.82. The highest BCUT2D eigenvalue weighted by atomic mass is 32.2. The number of hydrogen-bond acceptors (Lipinski definition) is 3. The summed E-state index contributed by atoms with van der Waals surface area (Å²) in [5.74, 6) is 0. The van der Waals surface area contributed by atoms with Crippen molar-refractivity contribution in [2.75, 3.05) is 18.4 Å². The fourth-order valence-electron chi connectivity index (χ4n) is 4.43. The number of aryl methyl sites for hydroxylation is 4. The molecule has 0 unspecified atom stereocenters. The van der Waals surface area contributed by atoms with E-state index in [9.17, 15) is 13.2 Å². The Morgan fingerprint density at radius 3 is 2.29 bits per heavy atom. The highest BCUT2D eigenvalue weighted by Crippen LogP contribution is 2.31. The summed E-state index contributed by atoms with van der Waals surface area (Å²) in [5.41, 5.74) is 4.50. The average Bonchev–Trinajstić information content (AvgIpc) is 2.69. The minimum absolute atomic E-state index is 0.112. The molecular weight excluding hydrogens is 410 g/mol. The Morgan fingerprint density at radius 1 is 1.00 bits per heavy atom. The summed E-state index contributed by atoms with van der Waals surface area (Å²) >= 11 is 0. The van der Waals surface area contributed by atoms with Gasteiger partial charge in [0.2, 0.25) is 10.0 Å². The maximum Gasteiger partial charge on any atom is 0.319 e. The van der Waals surface area contributed by atoms with Gasteiger partial charge in [0.15, 0.2) is 0 Å². The Hall–Kier alpha value is -2.38. The molecule has 168 valence electrons. The Labute approximate surface area is 186 Å². The van der Waals surface area contributed by atoms with Crippen molar-refractivity contribution in [3.05, 3.63) is 58.7 Å². The maximum atomic E-state index is 13.5. The normalized spacial score (nSPS) is 17.4. The van der Waals surface area contributed by atoms with Crippen molar-refractivity contribution in [2.24, 2.45) is 0 Å². The van der Waals surface area contributed by atoms with E-state index >= 15 is 0 Å². The lowest BCUT2D eigenvalue weighted by atomic mass is 10.0. The zero-order chi connectivity index (χ0) is 22.6.